The molecule has 2 bridgehead atoms. The Labute approximate surface area is 105 Å². The summed E-state index contributed by atoms with van der Waals surface area (Å²) in [6, 6.07) is 0. The number of hydrogen-bond donors (Lipinski definition) is 2. The largest absolute Gasteiger partial charge is 0.355 e. The summed E-state index contributed by atoms with van der Waals surface area (Å²) in [5.74, 6) is 2.71. The maximum Gasteiger partial charge on any atom is 0.227 e. The van der Waals surface area contributed by atoms with Crippen LogP contribution in [0.2, 0.25) is 0 Å². The Morgan fingerprint density at radius 1 is 1.41 bits per heavy atom. The van der Waals surface area contributed by atoms with E-state index in [0.717, 1.165) is 30.7 Å². The Kier molecular flexibility index (Phi) is 3.76. The van der Waals surface area contributed by atoms with Crippen molar-refractivity contribution in [1.29, 1.82) is 0 Å². The average Bonchev–Trinajstić information content (AvgIpc) is 2.96. The number of carbonyl (C=O) groups is 1. The Bertz CT molecular complexity index is 286. The summed E-state index contributed by atoms with van der Waals surface area (Å²) < 4.78 is 0. The zero-order chi connectivity index (χ0) is 12.5. The molecule has 1 amide bonds. The van der Waals surface area contributed by atoms with Crippen LogP contribution >= 0.6 is 0 Å². The van der Waals surface area contributed by atoms with Crippen LogP contribution in [-0.2, 0) is 4.79 Å². The maximum absolute atomic E-state index is 12.1. The third-order valence-corrected chi connectivity index (χ3v) is 5.19. The summed E-state index contributed by atoms with van der Waals surface area (Å²) >= 11 is 0. The molecule has 0 aliphatic heterocycles. The smallest absolute Gasteiger partial charge is 0.227 e. The number of hydrogen-bond acceptors (Lipinski definition) is 2. The van der Waals surface area contributed by atoms with Crippen molar-refractivity contribution < 1.29 is 4.79 Å². The fourth-order valence-electron chi connectivity index (χ4n) is 3.46. The quantitative estimate of drug-likeness (QED) is 0.769. The highest BCUT2D eigenvalue weighted by Gasteiger charge is 2.40. The van der Waals surface area contributed by atoms with E-state index in [1.54, 1.807) is 0 Å². The van der Waals surface area contributed by atoms with E-state index in [4.69, 9.17) is 5.73 Å². The van der Waals surface area contributed by atoms with E-state index >= 15 is 0 Å². The molecule has 17 heavy (non-hydrogen) atoms. The highest BCUT2D eigenvalue weighted by molar-refractivity contribution is 5.82. The van der Waals surface area contributed by atoms with E-state index in [2.05, 4.69) is 5.32 Å². The SMILES string of the molecule is CCC(C)(CN)C(=O)NCC1CC2CCC1C2. The lowest BCUT2D eigenvalue weighted by Gasteiger charge is -2.28. The molecule has 2 fully saturated rings. The van der Waals surface area contributed by atoms with E-state index < -0.39 is 0 Å². The van der Waals surface area contributed by atoms with Gasteiger partial charge in [-0.25, -0.2) is 0 Å². The van der Waals surface area contributed by atoms with Crippen molar-refractivity contribution in [2.45, 2.75) is 46.0 Å². The van der Waals surface area contributed by atoms with Crippen molar-refractivity contribution in [3.05, 3.63) is 0 Å². The normalized spacial score (nSPS) is 34.6. The molecule has 0 radical (unpaired) electrons. The van der Waals surface area contributed by atoms with Crippen LogP contribution in [0, 0.1) is 23.2 Å². The molecule has 2 saturated carbocycles. The first kappa shape index (κ1) is 12.9. The molecule has 0 aromatic carbocycles. The number of carbonyl (C=O) groups excluding carboxylic acids is 1. The van der Waals surface area contributed by atoms with Crippen molar-refractivity contribution >= 4 is 5.91 Å². The second kappa shape index (κ2) is 4.97. The van der Waals surface area contributed by atoms with Crippen LogP contribution in [0.25, 0.3) is 0 Å². The highest BCUT2D eigenvalue weighted by Crippen LogP contribution is 2.47. The molecule has 3 N–H and O–H groups in total. The second-order valence-corrected chi connectivity index (χ2v) is 6.26. The predicted molar refractivity (Wildman–Crippen MR) is 69.4 cm³/mol. The summed E-state index contributed by atoms with van der Waals surface area (Å²) in [6.45, 7) is 5.30. The van der Waals surface area contributed by atoms with Gasteiger partial charge in [0.25, 0.3) is 0 Å². The van der Waals surface area contributed by atoms with Crippen molar-refractivity contribution in [3.63, 3.8) is 0 Å². The first-order valence-corrected chi connectivity index (χ1v) is 7.07. The van der Waals surface area contributed by atoms with Gasteiger partial charge in [-0.2, -0.15) is 0 Å². The van der Waals surface area contributed by atoms with Crippen molar-refractivity contribution in [2.24, 2.45) is 28.9 Å². The monoisotopic (exact) mass is 238 g/mol. The number of rotatable bonds is 5. The Balaban J connectivity index is 1.80. The van der Waals surface area contributed by atoms with Gasteiger partial charge in [0.05, 0.1) is 5.41 Å². The minimum atomic E-state index is -0.377. The van der Waals surface area contributed by atoms with E-state index in [0.29, 0.717) is 6.54 Å². The molecule has 2 aliphatic rings. The van der Waals surface area contributed by atoms with Crippen LogP contribution in [0.4, 0.5) is 0 Å². The maximum atomic E-state index is 12.1. The van der Waals surface area contributed by atoms with Crippen molar-refractivity contribution in [2.75, 3.05) is 13.1 Å². The van der Waals surface area contributed by atoms with Gasteiger partial charge in [0.15, 0.2) is 0 Å². The van der Waals surface area contributed by atoms with E-state index in [1.807, 2.05) is 13.8 Å². The highest BCUT2D eigenvalue weighted by atomic mass is 16.2. The van der Waals surface area contributed by atoms with Gasteiger partial charge in [-0.05, 0) is 50.4 Å². The zero-order valence-electron chi connectivity index (χ0n) is 11.2. The van der Waals surface area contributed by atoms with Crippen LogP contribution in [0.1, 0.15) is 46.0 Å². The van der Waals surface area contributed by atoms with Gasteiger partial charge >= 0.3 is 0 Å². The summed E-state index contributed by atoms with van der Waals surface area (Å²) in [7, 11) is 0. The molecule has 0 saturated heterocycles. The molecule has 0 aromatic rings. The van der Waals surface area contributed by atoms with Crippen LogP contribution < -0.4 is 11.1 Å². The molecular formula is C14H26N2O. The third kappa shape index (κ3) is 2.49. The molecular weight excluding hydrogens is 212 g/mol. The average molecular weight is 238 g/mol. The molecule has 0 spiro atoms. The van der Waals surface area contributed by atoms with Gasteiger partial charge in [0.1, 0.15) is 0 Å². The zero-order valence-corrected chi connectivity index (χ0v) is 11.2. The first-order chi connectivity index (χ1) is 8.09. The summed E-state index contributed by atoms with van der Waals surface area (Å²) in [6.07, 6.45) is 6.35. The fraction of sp³-hybridized carbons (Fsp3) is 0.929. The van der Waals surface area contributed by atoms with Gasteiger partial charge in [-0.15, -0.1) is 0 Å². The minimum absolute atomic E-state index is 0.144. The molecule has 0 heterocycles. The number of nitrogens with two attached hydrogens (primary N) is 1. The Morgan fingerprint density at radius 2 is 2.18 bits per heavy atom. The van der Waals surface area contributed by atoms with E-state index in [-0.39, 0.29) is 11.3 Å². The molecule has 4 atom stereocenters. The van der Waals surface area contributed by atoms with Gasteiger partial charge in [0, 0.05) is 13.1 Å². The topological polar surface area (TPSA) is 55.1 Å². The first-order valence-electron chi connectivity index (χ1n) is 7.07. The minimum Gasteiger partial charge on any atom is -0.355 e. The van der Waals surface area contributed by atoms with Crippen molar-refractivity contribution in [1.82, 2.24) is 5.32 Å². The van der Waals surface area contributed by atoms with Gasteiger partial charge in [0.2, 0.25) is 5.91 Å². The Hall–Kier alpha value is -0.570. The molecule has 2 rings (SSSR count). The van der Waals surface area contributed by atoms with Crippen LogP contribution in [0.15, 0.2) is 0 Å². The lowest BCUT2D eigenvalue weighted by atomic mass is 9.85. The van der Waals surface area contributed by atoms with Gasteiger partial charge in [-0.1, -0.05) is 13.3 Å². The fourth-order valence-corrected chi connectivity index (χ4v) is 3.46. The van der Waals surface area contributed by atoms with Crippen molar-refractivity contribution in [3.8, 4) is 0 Å². The molecule has 3 nitrogen and oxygen atoms in total. The lowest BCUT2D eigenvalue weighted by Crippen LogP contribution is -2.45. The molecule has 0 aromatic heterocycles. The van der Waals surface area contributed by atoms with Crippen LogP contribution in [-0.4, -0.2) is 19.0 Å². The number of fused-ring (bicyclic) bond motifs is 2. The standard InChI is InChI=1S/C14H26N2O/c1-3-14(2,9-15)13(17)16-8-12-7-10-4-5-11(12)6-10/h10-12H,3-9,15H2,1-2H3,(H,16,17). The molecule has 2 aliphatic carbocycles. The predicted octanol–water partition coefficient (Wildman–Crippen LogP) is 1.91. The third-order valence-electron chi connectivity index (χ3n) is 5.19. The van der Waals surface area contributed by atoms with Crippen LogP contribution in [0.5, 0.6) is 0 Å². The summed E-state index contributed by atoms with van der Waals surface area (Å²) in [5.41, 5.74) is 5.32. The molecule has 4 unspecified atom stereocenters. The molecule has 3 heteroatoms. The van der Waals surface area contributed by atoms with E-state index in [9.17, 15) is 4.79 Å². The van der Waals surface area contributed by atoms with E-state index in [1.165, 1.54) is 25.7 Å². The van der Waals surface area contributed by atoms with Gasteiger partial charge in [-0.3, -0.25) is 4.79 Å². The van der Waals surface area contributed by atoms with Gasteiger partial charge < -0.3 is 11.1 Å². The molecule has 98 valence electrons. The Morgan fingerprint density at radius 3 is 2.65 bits per heavy atom. The number of amides is 1. The number of nitrogens with one attached hydrogen (secondary N) is 1. The van der Waals surface area contributed by atoms with Crippen LogP contribution in [0.3, 0.4) is 0 Å². The summed E-state index contributed by atoms with van der Waals surface area (Å²) in [5, 5.41) is 3.13. The summed E-state index contributed by atoms with van der Waals surface area (Å²) in [4.78, 5) is 12.1. The lowest BCUT2D eigenvalue weighted by molar-refractivity contribution is -0.130. The second-order valence-electron chi connectivity index (χ2n) is 6.26.